The summed E-state index contributed by atoms with van der Waals surface area (Å²) in [7, 11) is 0. The fourth-order valence-electron chi connectivity index (χ4n) is 1.92. The number of hydrogen-bond donors (Lipinski definition) is 1. The van der Waals surface area contributed by atoms with Gasteiger partial charge in [-0.25, -0.2) is 0 Å². The minimum atomic E-state index is 0.0754. The van der Waals surface area contributed by atoms with Gasteiger partial charge in [0.2, 0.25) is 0 Å². The van der Waals surface area contributed by atoms with Gasteiger partial charge in [-0.1, -0.05) is 11.6 Å². The molecule has 4 nitrogen and oxygen atoms in total. The first-order chi connectivity index (χ1) is 9.24. The van der Waals surface area contributed by atoms with Gasteiger partial charge in [0, 0.05) is 11.7 Å². The molecule has 0 aliphatic carbocycles. The third kappa shape index (κ3) is 3.87. The van der Waals surface area contributed by atoms with Crippen LogP contribution in [0, 0.1) is 13.8 Å². The molecule has 0 saturated heterocycles. The van der Waals surface area contributed by atoms with Crippen LogP contribution < -0.4 is 5.32 Å². The highest BCUT2D eigenvalue weighted by atomic mass is 35.5. The maximum Gasteiger partial charge on any atom is 0.126 e. The van der Waals surface area contributed by atoms with Crippen LogP contribution in [0.25, 0.3) is 0 Å². The molecular formula is C15H22ClN3O. The van der Waals surface area contributed by atoms with E-state index >= 15 is 0 Å². The van der Waals surface area contributed by atoms with Gasteiger partial charge in [0.1, 0.15) is 11.5 Å². The summed E-state index contributed by atoms with van der Waals surface area (Å²) in [6.07, 6.45) is 1.82. The molecule has 2 rings (SSSR count). The van der Waals surface area contributed by atoms with Crippen LogP contribution in [-0.4, -0.2) is 15.3 Å². The van der Waals surface area contributed by atoms with E-state index in [0.717, 1.165) is 29.3 Å². The van der Waals surface area contributed by atoms with E-state index in [0.29, 0.717) is 11.6 Å². The summed E-state index contributed by atoms with van der Waals surface area (Å²) in [5, 5.41) is 8.45. The predicted octanol–water partition coefficient (Wildman–Crippen LogP) is 3.68. The van der Waals surface area contributed by atoms with Crippen molar-refractivity contribution in [1.29, 1.82) is 0 Å². The minimum Gasteiger partial charge on any atom is -0.462 e. The van der Waals surface area contributed by atoms with Crippen molar-refractivity contribution in [2.45, 2.75) is 53.2 Å². The molecule has 0 atom stereocenters. The van der Waals surface area contributed by atoms with Crippen molar-refractivity contribution in [2.75, 3.05) is 0 Å². The van der Waals surface area contributed by atoms with Gasteiger partial charge in [0.05, 0.1) is 23.8 Å². The maximum atomic E-state index is 6.01. The van der Waals surface area contributed by atoms with Gasteiger partial charge in [0.25, 0.3) is 0 Å². The van der Waals surface area contributed by atoms with Gasteiger partial charge in [-0.2, -0.15) is 5.10 Å². The zero-order valence-electron chi connectivity index (χ0n) is 12.7. The Kier molecular flexibility index (Phi) is 4.25. The minimum absolute atomic E-state index is 0.0754. The Bertz CT molecular complexity index is 573. The summed E-state index contributed by atoms with van der Waals surface area (Å²) < 4.78 is 7.70. The van der Waals surface area contributed by atoms with E-state index in [-0.39, 0.29) is 5.54 Å². The van der Waals surface area contributed by atoms with Crippen molar-refractivity contribution in [3.8, 4) is 0 Å². The highest BCUT2D eigenvalue weighted by Crippen LogP contribution is 2.18. The average molecular weight is 296 g/mol. The topological polar surface area (TPSA) is 43.0 Å². The van der Waals surface area contributed by atoms with E-state index in [1.807, 2.05) is 13.1 Å². The zero-order valence-corrected chi connectivity index (χ0v) is 13.5. The average Bonchev–Trinajstić information content (AvgIpc) is 2.80. The summed E-state index contributed by atoms with van der Waals surface area (Å²) in [6, 6.07) is 2.06. The second-order valence-electron chi connectivity index (χ2n) is 6.18. The highest BCUT2D eigenvalue weighted by Gasteiger charge is 2.13. The lowest BCUT2D eigenvalue weighted by Crippen LogP contribution is -2.35. The lowest BCUT2D eigenvalue weighted by molar-refractivity contribution is 0.373. The summed E-state index contributed by atoms with van der Waals surface area (Å²) in [5.41, 5.74) is 2.07. The van der Waals surface area contributed by atoms with Crippen LogP contribution in [0.5, 0.6) is 0 Å². The largest absolute Gasteiger partial charge is 0.462 e. The van der Waals surface area contributed by atoms with E-state index in [4.69, 9.17) is 16.0 Å². The lowest BCUT2D eigenvalue weighted by Gasteiger charge is -2.19. The van der Waals surface area contributed by atoms with Crippen LogP contribution in [0.3, 0.4) is 0 Å². The summed E-state index contributed by atoms with van der Waals surface area (Å²) in [4.78, 5) is 0. The first-order valence-corrected chi connectivity index (χ1v) is 7.15. The van der Waals surface area contributed by atoms with Crippen molar-refractivity contribution in [3.63, 3.8) is 0 Å². The predicted molar refractivity (Wildman–Crippen MR) is 81.1 cm³/mol. The quantitative estimate of drug-likeness (QED) is 0.935. The second kappa shape index (κ2) is 5.62. The first kappa shape index (κ1) is 15.1. The van der Waals surface area contributed by atoms with Crippen LogP contribution in [-0.2, 0) is 13.1 Å². The molecule has 0 aliphatic heterocycles. The van der Waals surface area contributed by atoms with Crippen LogP contribution in [0.15, 0.2) is 16.7 Å². The van der Waals surface area contributed by atoms with Crippen LogP contribution >= 0.6 is 11.6 Å². The molecule has 0 aromatic carbocycles. The van der Waals surface area contributed by atoms with E-state index in [1.165, 1.54) is 0 Å². The van der Waals surface area contributed by atoms with Crippen molar-refractivity contribution in [1.82, 2.24) is 15.1 Å². The Labute approximate surface area is 125 Å². The molecule has 2 aromatic heterocycles. The molecule has 2 heterocycles. The number of nitrogens with one attached hydrogen (secondary N) is 1. The number of furan rings is 1. The standard InChI is InChI=1S/C15H22ClN3O/c1-10-6-12(8-19-9-13(16)11(2)18-19)20-14(10)7-17-15(3,4)5/h6,9,17H,7-8H2,1-5H3. The molecule has 2 aromatic rings. The zero-order chi connectivity index (χ0) is 14.9. The Balaban J connectivity index is 2.07. The monoisotopic (exact) mass is 295 g/mol. The van der Waals surface area contributed by atoms with Gasteiger partial charge < -0.3 is 9.73 Å². The Morgan fingerprint density at radius 2 is 2.05 bits per heavy atom. The second-order valence-corrected chi connectivity index (χ2v) is 6.59. The number of rotatable bonds is 4. The summed E-state index contributed by atoms with van der Waals surface area (Å²) in [6.45, 7) is 11.7. The van der Waals surface area contributed by atoms with E-state index in [2.05, 4.69) is 44.2 Å². The van der Waals surface area contributed by atoms with Crippen LogP contribution in [0.1, 0.15) is 43.5 Å². The normalized spacial score (nSPS) is 12.1. The van der Waals surface area contributed by atoms with Crippen molar-refractivity contribution in [3.05, 3.63) is 40.1 Å². The maximum absolute atomic E-state index is 6.01. The fourth-order valence-corrected chi connectivity index (χ4v) is 2.07. The highest BCUT2D eigenvalue weighted by molar-refractivity contribution is 6.31. The number of aryl methyl sites for hydroxylation is 2. The van der Waals surface area contributed by atoms with Crippen molar-refractivity contribution < 1.29 is 4.42 Å². The Hall–Kier alpha value is -1.26. The summed E-state index contributed by atoms with van der Waals surface area (Å²) >= 11 is 6.01. The number of hydrogen-bond acceptors (Lipinski definition) is 3. The van der Waals surface area contributed by atoms with E-state index < -0.39 is 0 Å². The van der Waals surface area contributed by atoms with Gasteiger partial charge in [-0.15, -0.1) is 0 Å². The number of aromatic nitrogens is 2. The molecule has 110 valence electrons. The fraction of sp³-hybridized carbons (Fsp3) is 0.533. The molecule has 5 heteroatoms. The lowest BCUT2D eigenvalue weighted by atomic mass is 10.1. The number of halogens is 1. The van der Waals surface area contributed by atoms with Gasteiger partial charge in [-0.05, 0) is 46.2 Å². The van der Waals surface area contributed by atoms with E-state index in [9.17, 15) is 0 Å². The Morgan fingerprint density at radius 3 is 2.60 bits per heavy atom. The van der Waals surface area contributed by atoms with Gasteiger partial charge in [0.15, 0.2) is 0 Å². The third-order valence-electron chi connectivity index (χ3n) is 3.06. The first-order valence-electron chi connectivity index (χ1n) is 6.77. The molecule has 0 bridgehead atoms. The molecule has 0 spiro atoms. The molecule has 0 radical (unpaired) electrons. The molecule has 1 N–H and O–H groups in total. The van der Waals surface area contributed by atoms with Gasteiger partial charge >= 0.3 is 0 Å². The molecule has 0 aliphatic rings. The van der Waals surface area contributed by atoms with E-state index in [1.54, 1.807) is 4.68 Å². The summed E-state index contributed by atoms with van der Waals surface area (Å²) in [5.74, 6) is 1.87. The van der Waals surface area contributed by atoms with Crippen LogP contribution in [0.4, 0.5) is 0 Å². The molecule has 20 heavy (non-hydrogen) atoms. The smallest absolute Gasteiger partial charge is 0.126 e. The van der Waals surface area contributed by atoms with Crippen molar-refractivity contribution >= 4 is 11.6 Å². The van der Waals surface area contributed by atoms with Crippen LogP contribution in [0.2, 0.25) is 5.02 Å². The molecular weight excluding hydrogens is 274 g/mol. The third-order valence-corrected chi connectivity index (χ3v) is 3.43. The molecule has 0 fully saturated rings. The molecule has 0 saturated carbocycles. The molecule has 0 unspecified atom stereocenters. The SMILES string of the molecule is Cc1cc(Cn2cc(Cl)c(C)n2)oc1CNC(C)(C)C. The number of nitrogens with zero attached hydrogens (tertiary/aromatic N) is 2. The van der Waals surface area contributed by atoms with Crippen molar-refractivity contribution in [2.24, 2.45) is 0 Å². The Morgan fingerprint density at radius 1 is 1.35 bits per heavy atom. The molecule has 0 amide bonds. The van der Waals surface area contributed by atoms with Gasteiger partial charge in [-0.3, -0.25) is 4.68 Å².